The minimum Gasteiger partial charge on any atom is -0.494 e. The van der Waals surface area contributed by atoms with Crippen molar-refractivity contribution in [2.75, 3.05) is 13.2 Å². The molecule has 0 fully saturated rings. The van der Waals surface area contributed by atoms with Gasteiger partial charge in [0, 0.05) is 0 Å². The lowest BCUT2D eigenvalue weighted by atomic mass is 10.1. The topological polar surface area (TPSA) is 108 Å². The summed E-state index contributed by atoms with van der Waals surface area (Å²) < 4.78 is 21.8. The molecule has 3 aromatic rings. The SMILES string of the molecule is C=CCOc1ccc(C(=O)Oc2ccc(OC(=O)c3ccc(OCCCCCCCC)cc3)c(C(=O)O)c2)cc1. The summed E-state index contributed by atoms with van der Waals surface area (Å²) in [7, 11) is 0. The fourth-order valence-electron chi connectivity index (χ4n) is 3.76. The predicted octanol–water partition coefficient (Wildman–Crippen LogP) is 7.13. The number of carbonyl (C=O) groups excluding carboxylic acids is 2. The van der Waals surface area contributed by atoms with Crippen molar-refractivity contribution in [1.82, 2.24) is 0 Å². The molecule has 0 saturated heterocycles. The van der Waals surface area contributed by atoms with E-state index < -0.39 is 17.9 Å². The molecular weight excluding hydrogens is 512 g/mol. The van der Waals surface area contributed by atoms with Crippen molar-refractivity contribution in [2.24, 2.45) is 0 Å². The number of carbonyl (C=O) groups is 3. The number of esters is 2. The van der Waals surface area contributed by atoms with Gasteiger partial charge in [-0.25, -0.2) is 14.4 Å². The lowest BCUT2D eigenvalue weighted by molar-refractivity contribution is 0.0670. The van der Waals surface area contributed by atoms with Gasteiger partial charge in [0.25, 0.3) is 0 Å². The maximum absolute atomic E-state index is 12.7. The number of rotatable bonds is 16. The van der Waals surface area contributed by atoms with Gasteiger partial charge in [0.05, 0.1) is 17.7 Å². The van der Waals surface area contributed by atoms with Crippen LogP contribution in [-0.2, 0) is 0 Å². The fraction of sp³-hybridized carbons (Fsp3) is 0.281. The number of hydrogen-bond acceptors (Lipinski definition) is 7. The maximum Gasteiger partial charge on any atom is 0.343 e. The van der Waals surface area contributed by atoms with Crippen molar-refractivity contribution in [3.63, 3.8) is 0 Å². The predicted molar refractivity (Wildman–Crippen MR) is 151 cm³/mol. The number of aromatic carboxylic acids is 1. The van der Waals surface area contributed by atoms with E-state index in [1.165, 1.54) is 49.9 Å². The minimum absolute atomic E-state index is 0.0129. The third kappa shape index (κ3) is 9.31. The Balaban J connectivity index is 1.57. The Kier molecular flexibility index (Phi) is 11.8. The summed E-state index contributed by atoms with van der Waals surface area (Å²) >= 11 is 0. The molecule has 3 rings (SSSR count). The second-order valence-corrected chi connectivity index (χ2v) is 9.01. The molecule has 0 heterocycles. The quantitative estimate of drug-likeness (QED) is 0.0875. The third-order valence-corrected chi connectivity index (χ3v) is 5.91. The van der Waals surface area contributed by atoms with E-state index >= 15 is 0 Å². The van der Waals surface area contributed by atoms with E-state index in [0.29, 0.717) is 24.7 Å². The highest BCUT2D eigenvalue weighted by Crippen LogP contribution is 2.27. The molecule has 0 amide bonds. The van der Waals surface area contributed by atoms with Crippen LogP contribution in [0.4, 0.5) is 0 Å². The van der Waals surface area contributed by atoms with Crippen LogP contribution in [0.5, 0.6) is 23.0 Å². The first-order chi connectivity index (χ1) is 19.4. The summed E-state index contributed by atoms with van der Waals surface area (Å²) in [5.41, 5.74) is 0.155. The first kappa shape index (κ1) is 30.0. The van der Waals surface area contributed by atoms with Gasteiger partial charge >= 0.3 is 17.9 Å². The van der Waals surface area contributed by atoms with Gasteiger partial charge in [-0.3, -0.25) is 0 Å². The zero-order chi connectivity index (χ0) is 28.7. The number of carboxylic acid groups (broad SMARTS) is 1. The number of ether oxygens (including phenoxy) is 4. The molecule has 0 aliphatic heterocycles. The fourth-order valence-corrected chi connectivity index (χ4v) is 3.76. The number of carboxylic acids is 1. The first-order valence-corrected chi connectivity index (χ1v) is 13.3. The van der Waals surface area contributed by atoms with Crippen LogP contribution >= 0.6 is 0 Å². The summed E-state index contributed by atoms with van der Waals surface area (Å²) in [5, 5.41) is 9.66. The van der Waals surface area contributed by atoms with Crippen molar-refractivity contribution < 1.29 is 38.4 Å². The molecule has 0 radical (unpaired) electrons. The molecule has 40 heavy (non-hydrogen) atoms. The smallest absolute Gasteiger partial charge is 0.343 e. The van der Waals surface area contributed by atoms with Gasteiger partial charge in [0.15, 0.2) is 0 Å². The number of hydrogen-bond donors (Lipinski definition) is 1. The standard InChI is InChI=1S/C32H34O8/c1-3-5-6-7-8-9-21-38-26-16-12-24(13-17-26)32(36)40-29-19-18-27(22-28(29)30(33)34)39-31(35)23-10-14-25(15-11-23)37-20-4-2/h4,10-19,22H,2-3,5-9,20-21H2,1H3,(H,33,34). The van der Waals surface area contributed by atoms with Gasteiger partial charge in [-0.2, -0.15) is 0 Å². The van der Waals surface area contributed by atoms with E-state index in [-0.39, 0.29) is 28.2 Å². The van der Waals surface area contributed by atoms with Crippen molar-refractivity contribution >= 4 is 17.9 Å². The Morgan fingerprint density at radius 3 is 1.88 bits per heavy atom. The third-order valence-electron chi connectivity index (χ3n) is 5.91. The molecule has 8 heteroatoms. The van der Waals surface area contributed by atoms with Gasteiger partial charge in [-0.1, -0.05) is 51.7 Å². The zero-order valence-corrected chi connectivity index (χ0v) is 22.6. The van der Waals surface area contributed by atoms with E-state index in [0.717, 1.165) is 18.9 Å². The molecule has 0 aliphatic carbocycles. The highest BCUT2D eigenvalue weighted by Gasteiger charge is 2.19. The average molecular weight is 547 g/mol. The van der Waals surface area contributed by atoms with Crippen LogP contribution in [0.2, 0.25) is 0 Å². The Morgan fingerprint density at radius 1 is 0.725 bits per heavy atom. The molecule has 0 aromatic heterocycles. The molecule has 210 valence electrons. The molecule has 0 saturated carbocycles. The first-order valence-electron chi connectivity index (χ1n) is 13.3. The van der Waals surface area contributed by atoms with Crippen molar-refractivity contribution in [2.45, 2.75) is 45.4 Å². The Morgan fingerprint density at radius 2 is 1.27 bits per heavy atom. The molecule has 0 spiro atoms. The molecule has 0 unspecified atom stereocenters. The van der Waals surface area contributed by atoms with E-state index in [2.05, 4.69) is 13.5 Å². The Bertz CT molecular complexity index is 1280. The summed E-state index contributed by atoms with van der Waals surface area (Å²) in [6, 6.07) is 16.5. The molecular formula is C32H34O8. The Labute approximate surface area is 234 Å². The summed E-state index contributed by atoms with van der Waals surface area (Å²) in [4.78, 5) is 37.0. The molecule has 3 aromatic carbocycles. The van der Waals surface area contributed by atoms with Gasteiger partial charge in [-0.15, -0.1) is 0 Å². The van der Waals surface area contributed by atoms with Crippen LogP contribution in [0.15, 0.2) is 79.4 Å². The molecule has 0 bridgehead atoms. The van der Waals surface area contributed by atoms with Crippen LogP contribution < -0.4 is 18.9 Å². The van der Waals surface area contributed by atoms with Gasteiger partial charge in [-0.05, 0) is 73.2 Å². The summed E-state index contributed by atoms with van der Waals surface area (Å²) in [6.07, 6.45) is 8.60. The monoisotopic (exact) mass is 546 g/mol. The normalized spacial score (nSPS) is 10.4. The van der Waals surface area contributed by atoms with Crippen molar-refractivity contribution in [3.8, 4) is 23.0 Å². The number of benzene rings is 3. The van der Waals surface area contributed by atoms with Crippen LogP contribution in [-0.4, -0.2) is 36.2 Å². The van der Waals surface area contributed by atoms with Gasteiger partial charge in [0.1, 0.15) is 35.2 Å². The largest absolute Gasteiger partial charge is 0.494 e. The van der Waals surface area contributed by atoms with E-state index in [1.54, 1.807) is 42.5 Å². The summed E-state index contributed by atoms with van der Waals surface area (Å²) in [5.74, 6) is -1.75. The molecule has 0 atom stereocenters. The molecule has 0 aliphatic rings. The van der Waals surface area contributed by atoms with Crippen LogP contribution in [0.1, 0.15) is 76.5 Å². The van der Waals surface area contributed by atoms with Crippen molar-refractivity contribution in [1.29, 1.82) is 0 Å². The van der Waals surface area contributed by atoms with Crippen LogP contribution in [0.3, 0.4) is 0 Å². The highest BCUT2D eigenvalue weighted by molar-refractivity contribution is 5.96. The number of unbranched alkanes of at least 4 members (excludes halogenated alkanes) is 5. The minimum atomic E-state index is -1.34. The molecule has 1 N–H and O–H groups in total. The Hall–Kier alpha value is -4.59. The second-order valence-electron chi connectivity index (χ2n) is 9.01. The average Bonchev–Trinajstić information content (AvgIpc) is 2.96. The van der Waals surface area contributed by atoms with Gasteiger partial charge in [0.2, 0.25) is 0 Å². The van der Waals surface area contributed by atoms with E-state index in [9.17, 15) is 19.5 Å². The second kappa shape index (κ2) is 15.7. The maximum atomic E-state index is 12.7. The molecule has 8 nitrogen and oxygen atoms in total. The van der Waals surface area contributed by atoms with Crippen LogP contribution in [0.25, 0.3) is 0 Å². The van der Waals surface area contributed by atoms with Crippen molar-refractivity contribution in [3.05, 3.63) is 96.1 Å². The van der Waals surface area contributed by atoms with Gasteiger partial charge < -0.3 is 24.1 Å². The lowest BCUT2D eigenvalue weighted by Crippen LogP contribution is -2.13. The lowest BCUT2D eigenvalue weighted by Gasteiger charge is -2.11. The highest BCUT2D eigenvalue weighted by atomic mass is 16.5. The van der Waals surface area contributed by atoms with E-state index in [1.807, 2.05) is 0 Å². The van der Waals surface area contributed by atoms with Crippen LogP contribution in [0, 0.1) is 0 Å². The summed E-state index contributed by atoms with van der Waals surface area (Å²) in [6.45, 7) is 6.70. The zero-order valence-electron chi connectivity index (χ0n) is 22.6. The van der Waals surface area contributed by atoms with E-state index in [4.69, 9.17) is 18.9 Å².